The van der Waals surface area contributed by atoms with Gasteiger partial charge in [0.25, 0.3) is 0 Å². The van der Waals surface area contributed by atoms with Crippen molar-refractivity contribution in [2.75, 3.05) is 5.73 Å². The molecule has 1 heterocycles. The summed E-state index contributed by atoms with van der Waals surface area (Å²) in [7, 11) is 0. The molecule has 0 atom stereocenters. The number of nitrogen functional groups attached to an aromatic ring is 1. The van der Waals surface area contributed by atoms with Crippen LogP contribution in [0.25, 0.3) is 0 Å². The number of nitrogens with two attached hydrogens (primary N) is 1. The van der Waals surface area contributed by atoms with Crippen molar-refractivity contribution in [3.8, 4) is 0 Å². The van der Waals surface area contributed by atoms with Crippen LogP contribution < -0.4 is 11.4 Å². The Labute approximate surface area is 97.4 Å². The molecular weight excluding hydrogens is 222 g/mol. The zero-order chi connectivity index (χ0) is 11.5. The number of hydrogen-bond donors (Lipinski definition) is 2. The third-order valence-corrected chi connectivity index (χ3v) is 2.47. The lowest BCUT2D eigenvalue weighted by Crippen LogP contribution is -2.25. The fourth-order valence-corrected chi connectivity index (χ4v) is 1.68. The zero-order valence-electron chi connectivity index (χ0n) is 8.51. The molecule has 0 unspecified atom stereocenters. The standard InChI is InChI=1S/C11H11N3OS/c12-9-6-10(16)13-11(15)14(9)7-8-4-2-1-3-5-8/h1-6H,7,12H2,(H,13,15,16). The van der Waals surface area contributed by atoms with Crippen LogP contribution >= 0.6 is 12.2 Å². The lowest BCUT2D eigenvalue weighted by molar-refractivity contribution is 0.737. The number of hydrogen-bond acceptors (Lipinski definition) is 3. The molecule has 0 amide bonds. The molecule has 0 aliphatic heterocycles. The van der Waals surface area contributed by atoms with Crippen LogP contribution in [0.15, 0.2) is 41.2 Å². The van der Waals surface area contributed by atoms with E-state index < -0.39 is 0 Å². The number of nitrogens with zero attached hydrogens (tertiary/aromatic N) is 1. The first-order chi connectivity index (χ1) is 7.66. The lowest BCUT2D eigenvalue weighted by Gasteiger charge is -2.08. The summed E-state index contributed by atoms with van der Waals surface area (Å²) in [6, 6.07) is 11.2. The monoisotopic (exact) mass is 233 g/mol. The fourth-order valence-electron chi connectivity index (χ4n) is 1.47. The van der Waals surface area contributed by atoms with Crippen molar-refractivity contribution < 1.29 is 0 Å². The maximum atomic E-state index is 11.6. The summed E-state index contributed by atoms with van der Waals surface area (Å²) < 4.78 is 1.80. The lowest BCUT2D eigenvalue weighted by atomic mass is 10.2. The molecule has 0 radical (unpaired) electrons. The summed E-state index contributed by atoms with van der Waals surface area (Å²) in [6.07, 6.45) is 0. The van der Waals surface area contributed by atoms with Crippen LogP contribution in [0, 0.1) is 4.64 Å². The van der Waals surface area contributed by atoms with Gasteiger partial charge < -0.3 is 5.73 Å². The second-order valence-corrected chi connectivity index (χ2v) is 3.88. The van der Waals surface area contributed by atoms with Crippen LogP contribution in [0.5, 0.6) is 0 Å². The minimum Gasteiger partial charge on any atom is -0.385 e. The Morgan fingerprint density at radius 3 is 2.62 bits per heavy atom. The van der Waals surface area contributed by atoms with Gasteiger partial charge >= 0.3 is 5.69 Å². The Balaban J connectivity index is 2.43. The average Bonchev–Trinajstić information content (AvgIpc) is 2.25. The Kier molecular flexibility index (Phi) is 2.87. The quantitative estimate of drug-likeness (QED) is 0.773. The molecule has 16 heavy (non-hydrogen) atoms. The normalized spacial score (nSPS) is 10.2. The van der Waals surface area contributed by atoms with Gasteiger partial charge in [0.05, 0.1) is 6.54 Å². The Morgan fingerprint density at radius 2 is 2.00 bits per heavy atom. The molecule has 82 valence electrons. The first-order valence-electron chi connectivity index (χ1n) is 4.80. The van der Waals surface area contributed by atoms with Gasteiger partial charge in [-0.1, -0.05) is 42.5 Å². The Hall–Kier alpha value is -1.88. The minimum absolute atomic E-state index is 0.283. The van der Waals surface area contributed by atoms with Crippen LogP contribution in [0.1, 0.15) is 5.56 Å². The molecule has 3 N–H and O–H groups in total. The summed E-state index contributed by atoms with van der Waals surface area (Å²) in [5.74, 6) is 0.373. The smallest absolute Gasteiger partial charge is 0.328 e. The number of H-pyrrole nitrogens is 1. The van der Waals surface area contributed by atoms with Crippen molar-refractivity contribution in [1.82, 2.24) is 9.55 Å². The summed E-state index contributed by atoms with van der Waals surface area (Å²) >= 11 is 4.86. The summed E-state index contributed by atoms with van der Waals surface area (Å²) in [4.78, 5) is 14.2. The molecule has 2 rings (SSSR count). The number of rotatable bonds is 2. The fraction of sp³-hybridized carbons (Fsp3) is 0.0909. The van der Waals surface area contributed by atoms with Gasteiger partial charge in [0.1, 0.15) is 10.5 Å². The Morgan fingerprint density at radius 1 is 1.31 bits per heavy atom. The van der Waals surface area contributed by atoms with Crippen LogP contribution in [-0.4, -0.2) is 9.55 Å². The third kappa shape index (κ3) is 2.20. The Bertz CT molecular complexity index is 601. The first kappa shape index (κ1) is 10.6. The predicted octanol–water partition coefficient (Wildman–Crippen LogP) is 1.54. The van der Waals surface area contributed by atoms with Gasteiger partial charge in [-0.2, -0.15) is 0 Å². The van der Waals surface area contributed by atoms with E-state index in [4.69, 9.17) is 18.0 Å². The average molecular weight is 233 g/mol. The second-order valence-electron chi connectivity index (χ2n) is 3.44. The van der Waals surface area contributed by atoms with E-state index in [1.807, 2.05) is 30.3 Å². The maximum Gasteiger partial charge on any atom is 0.328 e. The first-order valence-corrected chi connectivity index (χ1v) is 5.21. The number of anilines is 1. The summed E-state index contributed by atoms with van der Waals surface area (Å²) in [6.45, 7) is 0.442. The highest BCUT2D eigenvalue weighted by Gasteiger charge is 2.01. The third-order valence-electron chi connectivity index (χ3n) is 2.25. The largest absolute Gasteiger partial charge is 0.385 e. The molecule has 0 bridgehead atoms. The van der Waals surface area contributed by atoms with E-state index in [1.54, 1.807) is 6.07 Å². The second kappa shape index (κ2) is 4.32. The zero-order valence-corrected chi connectivity index (χ0v) is 9.33. The van der Waals surface area contributed by atoms with E-state index in [1.165, 1.54) is 4.57 Å². The number of nitrogens with one attached hydrogen (secondary N) is 1. The molecule has 0 fully saturated rings. The highest BCUT2D eigenvalue weighted by Crippen LogP contribution is 2.04. The van der Waals surface area contributed by atoms with Crippen molar-refractivity contribution in [2.45, 2.75) is 6.54 Å². The van der Waals surface area contributed by atoms with Gasteiger partial charge in [-0.3, -0.25) is 9.55 Å². The molecule has 0 saturated heterocycles. The van der Waals surface area contributed by atoms with E-state index >= 15 is 0 Å². The van der Waals surface area contributed by atoms with E-state index in [0.717, 1.165) is 5.56 Å². The molecule has 2 aromatic rings. The van der Waals surface area contributed by atoms with E-state index in [-0.39, 0.29) is 5.69 Å². The van der Waals surface area contributed by atoms with E-state index in [9.17, 15) is 4.79 Å². The van der Waals surface area contributed by atoms with Crippen molar-refractivity contribution in [3.63, 3.8) is 0 Å². The molecular formula is C11H11N3OS. The molecule has 0 aliphatic carbocycles. The maximum absolute atomic E-state index is 11.6. The predicted molar refractivity (Wildman–Crippen MR) is 65.8 cm³/mol. The van der Waals surface area contributed by atoms with Gasteiger partial charge in [0, 0.05) is 6.07 Å². The molecule has 0 spiro atoms. The molecule has 0 aliphatic rings. The van der Waals surface area contributed by atoms with Crippen molar-refractivity contribution in [2.24, 2.45) is 0 Å². The van der Waals surface area contributed by atoms with Gasteiger partial charge in [-0.05, 0) is 5.56 Å². The molecule has 5 heteroatoms. The minimum atomic E-state index is -0.283. The van der Waals surface area contributed by atoms with Crippen LogP contribution in [0.2, 0.25) is 0 Å². The molecule has 1 aromatic carbocycles. The van der Waals surface area contributed by atoms with Crippen molar-refractivity contribution in [3.05, 3.63) is 57.1 Å². The van der Waals surface area contributed by atoms with Gasteiger partial charge in [0.15, 0.2) is 0 Å². The van der Waals surface area contributed by atoms with Gasteiger partial charge in [-0.25, -0.2) is 4.79 Å². The summed E-state index contributed by atoms with van der Waals surface area (Å²) in [5, 5.41) is 0. The number of benzene rings is 1. The van der Waals surface area contributed by atoms with Crippen LogP contribution in [-0.2, 0) is 6.54 Å². The van der Waals surface area contributed by atoms with Crippen molar-refractivity contribution in [1.29, 1.82) is 0 Å². The number of aromatic amines is 1. The highest BCUT2D eigenvalue weighted by molar-refractivity contribution is 7.71. The van der Waals surface area contributed by atoms with Crippen LogP contribution in [0.4, 0.5) is 5.82 Å². The molecule has 4 nitrogen and oxygen atoms in total. The SMILES string of the molecule is Nc1cc(=S)[nH]c(=O)n1Cc1ccccc1. The van der Waals surface area contributed by atoms with Crippen molar-refractivity contribution >= 4 is 18.0 Å². The van der Waals surface area contributed by atoms with Crippen LogP contribution in [0.3, 0.4) is 0 Å². The van der Waals surface area contributed by atoms with Gasteiger partial charge in [-0.15, -0.1) is 0 Å². The number of aromatic nitrogens is 2. The summed E-state index contributed by atoms with van der Waals surface area (Å²) in [5.41, 5.74) is 6.48. The topological polar surface area (TPSA) is 63.8 Å². The van der Waals surface area contributed by atoms with E-state index in [2.05, 4.69) is 4.98 Å². The molecule has 0 saturated carbocycles. The molecule has 1 aromatic heterocycles. The van der Waals surface area contributed by atoms with E-state index in [0.29, 0.717) is 17.0 Å². The van der Waals surface area contributed by atoms with Gasteiger partial charge in [0.2, 0.25) is 0 Å². The highest BCUT2D eigenvalue weighted by atomic mass is 32.1.